The van der Waals surface area contributed by atoms with Gasteiger partial charge in [0.1, 0.15) is 0 Å². The van der Waals surface area contributed by atoms with Crippen molar-refractivity contribution in [2.75, 3.05) is 32.9 Å². The first kappa shape index (κ1) is 51.2. The summed E-state index contributed by atoms with van der Waals surface area (Å²) in [6.07, 6.45) is 16.7. The van der Waals surface area contributed by atoms with Crippen molar-refractivity contribution >= 4 is 14.8 Å². The van der Waals surface area contributed by atoms with Crippen LogP contribution in [0, 0.1) is 6.92 Å². The predicted molar refractivity (Wildman–Crippen MR) is 246 cm³/mol. The third kappa shape index (κ3) is 18.9. The number of amides is 2. The van der Waals surface area contributed by atoms with E-state index < -0.39 is 8.80 Å². The first-order chi connectivity index (χ1) is 29.9. The van der Waals surface area contributed by atoms with Crippen molar-refractivity contribution in [2.24, 2.45) is 0 Å². The normalized spacial score (nSPS) is 10.6. The molecule has 6 aromatic rings. The Bertz CT molecular complexity index is 2050. The van der Waals surface area contributed by atoms with E-state index in [0.717, 1.165) is 72.7 Å². The molecular weight excluding hydrogens is 882 g/mol. The number of nitrogens with one attached hydrogen (secondary N) is 2. The third-order valence-electron chi connectivity index (χ3n) is 9.10. The standard InChI is InChI=1S/C25H40N4O4Si.C13H14N2.C10H8N2.Ru/c1-5-31-34(32-6-2,33-7-3)18-10-15-29-25(30)28-14-9-8-11-22-13-17-27-24(20-22)23-19-21(4)12-16-26-23;1-2-5-11-7-9-15-13(10-11)12-6-3-4-8-14-12;1-3-7-11-9(5-1)10-6-2-4-8-12-10;/h12-13,16-17,19-20H,5-11,14-15,18H2,1-4H3,(H2,28,29,30);3-4,6-10H,2,5H2,1H3;1-8H;. The van der Waals surface area contributed by atoms with Crippen LogP contribution in [0.1, 0.15) is 70.1 Å². The molecule has 330 valence electrons. The van der Waals surface area contributed by atoms with Crippen molar-refractivity contribution in [3.05, 3.63) is 145 Å². The third-order valence-corrected chi connectivity index (χ3v) is 12.3. The smallest absolute Gasteiger partial charge is 0.374 e. The molecule has 0 saturated carbocycles. The van der Waals surface area contributed by atoms with Crippen LogP contribution < -0.4 is 10.6 Å². The second-order valence-electron chi connectivity index (χ2n) is 13.9. The monoisotopic (exact) mass is 944 g/mol. The average Bonchev–Trinajstić information content (AvgIpc) is 3.30. The zero-order valence-corrected chi connectivity index (χ0v) is 39.5. The molecule has 0 aliphatic rings. The van der Waals surface area contributed by atoms with Gasteiger partial charge in [-0.25, -0.2) is 4.79 Å². The van der Waals surface area contributed by atoms with E-state index >= 15 is 0 Å². The first-order valence-electron chi connectivity index (χ1n) is 21.4. The van der Waals surface area contributed by atoms with Crippen LogP contribution in [0.2, 0.25) is 6.04 Å². The molecular formula is C48H62N8O4RuSi. The molecule has 0 unspecified atom stereocenters. The van der Waals surface area contributed by atoms with Gasteiger partial charge in [0.15, 0.2) is 0 Å². The van der Waals surface area contributed by atoms with E-state index in [0.29, 0.717) is 39.0 Å². The number of carbonyl (C=O) groups is 1. The molecule has 0 radical (unpaired) electrons. The molecule has 12 nitrogen and oxygen atoms in total. The molecule has 0 aliphatic heterocycles. The van der Waals surface area contributed by atoms with Gasteiger partial charge in [0.25, 0.3) is 0 Å². The zero-order valence-electron chi connectivity index (χ0n) is 36.8. The number of urea groups is 1. The summed E-state index contributed by atoms with van der Waals surface area (Å²) < 4.78 is 17.5. The van der Waals surface area contributed by atoms with Crippen LogP contribution in [0.15, 0.2) is 128 Å². The molecule has 6 heterocycles. The number of hydrogen-bond acceptors (Lipinski definition) is 10. The van der Waals surface area contributed by atoms with Gasteiger partial charge in [0.05, 0.1) is 34.2 Å². The molecule has 0 aliphatic carbocycles. The van der Waals surface area contributed by atoms with Crippen LogP contribution >= 0.6 is 0 Å². The predicted octanol–water partition coefficient (Wildman–Crippen LogP) is 9.75. The molecule has 0 saturated heterocycles. The van der Waals surface area contributed by atoms with Gasteiger partial charge in [-0.3, -0.25) is 29.9 Å². The summed E-state index contributed by atoms with van der Waals surface area (Å²) >= 11 is 0. The Balaban J connectivity index is 0.000000296. The topological polar surface area (TPSA) is 146 Å². The fraction of sp³-hybridized carbons (Fsp3) is 0.354. The summed E-state index contributed by atoms with van der Waals surface area (Å²) in [4.78, 5) is 37.9. The molecule has 0 spiro atoms. The van der Waals surface area contributed by atoms with Crippen LogP contribution in [0.5, 0.6) is 0 Å². The molecule has 6 aromatic heterocycles. The zero-order chi connectivity index (χ0) is 43.4. The van der Waals surface area contributed by atoms with Gasteiger partial charge in [-0.05, 0) is 149 Å². The van der Waals surface area contributed by atoms with E-state index in [1.807, 2.05) is 112 Å². The van der Waals surface area contributed by atoms with Crippen molar-refractivity contribution in [1.29, 1.82) is 0 Å². The maximum atomic E-state index is 12.1. The number of unbranched alkanes of at least 4 members (excludes halogenated alkanes) is 1. The molecule has 62 heavy (non-hydrogen) atoms. The van der Waals surface area contributed by atoms with Gasteiger partial charge >= 0.3 is 14.8 Å². The molecule has 6 rings (SSSR count). The van der Waals surface area contributed by atoms with Gasteiger partial charge < -0.3 is 23.9 Å². The first-order valence-corrected chi connectivity index (χ1v) is 23.3. The van der Waals surface area contributed by atoms with Crippen LogP contribution in [0.4, 0.5) is 4.79 Å². The summed E-state index contributed by atoms with van der Waals surface area (Å²) in [6.45, 7) is 12.9. The number of aryl methyl sites for hydroxylation is 3. The fourth-order valence-electron chi connectivity index (χ4n) is 6.27. The number of hydrogen-bond donors (Lipinski definition) is 2. The van der Waals surface area contributed by atoms with Gasteiger partial charge in [0.2, 0.25) is 0 Å². The van der Waals surface area contributed by atoms with Crippen molar-refractivity contribution in [3.8, 4) is 34.2 Å². The number of carbonyl (C=O) groups excluding carboxylic acids is 1. The maximum Gasteiger partial charge on any atom is 0.500 e. The summed E-state index contributed by atoms with van der Waals surface area (Å²) in [7, 11) is -2.64. The summed E-state index contributed by atoms with van der Waals surface area (Å²) in [5.74, 6) is 0. The second kappa shape index (κ2) is 30.0. The van der Waals surface area contributed by atoms with Gasteiger partial charge in [0, 0.05) is 95.6 Å². The molecule has 0 atom stereocenters. The van der Waals surface area contributed by atoms with Crippen LogP contribution in [-0.4, -0.2) is 77.6 Å². The minimum Gasteiger partial charge on any atom is -0.374 e. The molecule has 0 aromatic carbocycles. The minimum atomic E-state index is -2.64. The van der Waals surface area contributed by atoms with Crippen molar-refractivity contribution in [1.82, 2.24) is 40.5 Å². The van der Waals surface area contributed by atoms with Crippen LogP contribution in [0.3, 0.4) is 0 Å². The van der Waals surface area contributed by atoms with E-state index in [1.54, 1.807) is 18.6 Å². The van der Waals surface area contributed by atoms with E-state index in [4.69, 9.17) is 13.3 Å². The molecule has 2 amide bonds. The molecule has 0 bridgehead atoms. The van der Waals surface area contributed by atoms with Gasteiger partial charge in [-0.15, -0.1) is 0 Å². The summed E-state index contributed by atoms with van der Waals surface area (Å²) in [5, 5.41) is 5.84. The summed E-state index contributed by atoms with van der Waals surface area (Å²) in [5.41, 5.74) is 9.23. The van der Waals surface area contributed by atoms with Crippen LogP contribution in [-0.2, 0) is 45.6 Å². The fourth-order valence-corrected chi connectivity index (χ4v) is 8.89. The summed E-state index contributed by atoms with van der Waals surface area (Å²) in [6, 6.07) is 30.4. The Morgan fingerprint density at radius 1 is 0.516 bits per heavy atom. The van der Waals surface area contributed by atoms with E-state index in [2.05, 4.69) is 72.6 Å². The largest absolute Gasteiger partial charge is 0.500 e. The Morgan fingerprint density at radius 2 is 0.952 bits per heavy atom. The number of nitrogens with zero attached hydrogens (tertiary/aromatic N) is 6. The van der Waals surface area contributed by atoms with E-state index in [1.165, 1.54) is 16.7 Å². The van der Waals surface area contributed by atoms with Gasteiger partial charge in [-0.1, -0.05) is 31.5 Å². The molecule has 2 N–H and O–H groups in total. The quantitative estimate of drug-likeness (QED) is 0.0561. The van der Waals surface area contributed by atoms with E-state index in [-0.39, 0.29) is 25.5 Å². The molecule has 14 heteroatoms. The number of rotatable bonds is 20. The number of pyridine rings is 6. The Hall–Kier alpha value is -5.11. The second-order valence-corrected chi connectivity index (χ2v) is 16.7. The van der Waals surface area contributed by atoms with Crippen molar-refractivity contribution < 1.29 is 37.6 Å². The van der Waals surface area contributed by atoms with E-state index in [9.17, 15) is 4.79 Å². The number of aromatic nitrogens is 6. The average molecular weight is 944 g/mol. The SMILES string of the molecule is CCCc1ccnc(-c2ccccn2)c1.CCO[Si](CCCNC(=O)NCCCCc1ccnc(-c2cc(C)ccn2)c1)(OCC)OCC.[Ru].c1ccc(-c2ccccn2)nc1. The Labute approximate surface area is 382 Å². The van der Waals surface area contributed by atoms with Crippen molar-refractivity contribution in [2.45, 2.75) is 79.2 Å². The maximum absolute atomic E-state index is 12.1. The Morgan fingerprint density at radius 3 is 1.42 bits per heavy atom. The van der Waals surface area contributed by atoms with Crippen LogP contribution in [0.25, 0.3) is 34.2 Å². The van der Waals surface area contributed by atoms with Crippen molar-refractivity contribution in [3.63, 3.8) is 0 Å². The van der Waals surface area contributed by atoms with Gasteiger partial charge in [-0.2, -0.15) is 0 Å². The minimum absolute atomic E-state index is 0. The Kier molecular flexibility index (Phi) is 24.8. The molecule has 0 fully saturated rings.